The Morgan fingerprint density at radius 3 is 2.06 bits per heavy atom. The van der Waals surface area contributed by atoms with E-state index in [-0.39, 0.29) is 22.8 Å². The molecule has 0 heterocycles. The maximum Gasteiger partial charge on any atom is 0.155 e. The molecular formula is C15H24O3. The highest BCUT2D eigenvalue weighted by Gasteiger charge is 2.21. The zero-order chi connectivity index (χ0) is 14.2. The Morgan fingerprint density at radius 2 is 1.56 bits per heavy atom. The summed E-state index contributed by atoms with van der Waals surface area (Å²) in [6.45, 7) is 7.36. The third-order valence-corrected chi connectivity index (χ3v) is 2.70. The molecule has 0 aliphatic rings. The van der Waals surface area contributed by atoms with Gasteiger partial charge >= 0.3 is 0 Å². The van der Waals surface area contributed by atoms with Gasteiger partial charge in [-0.3, -0.25) is 14.4 Å². The summed E-state index contributed by atoms with van der Waals surface area (Å²) in [6.07, 6.45) is 5.20. The van der Waals surface area contributed by atoms with E-state index in [1.807, 2.05) is 20.8 Å². The Bertz CT molecular complexity index is 332. The van der Waals surface area contributed by atoms with Crippen LogP contribution >= 0.6 is 0 Å². The number of carbonyl (C=O) groups excluding carboxylic acids is 3. The van der Waals surface area contributed by atoms with E-state index in [1.165, 1.54) is 6.08 Å². The largest absolute Gasteiger partial charge is 0.300 e. The van der Waals surface area contributed by atoms with E-state index in [0.717, 1.165) is 0 Å². The van der Waals surface area contributed by atoms with Crippen LogP contribution in [0.2, 0.25) is 0 Å². The summed E-state index contributed by atoms with van der Waals surface area (Å²) in [5.41, 5.74) is -0.373. The SMILES string of the molecule is C/C=C/C(=O)CCCC(=O)CCC(=O)C(C)(C)C. The first-order valence-corrected chi connectivity index (χ1v) is 6.48. The van der Waals surface area contributed by atoms with Crippen molar-refractivity contribution in [3.63, 3.8) is 0 Å². The van der Waals surface area contributed by atoms with Crippen molar-refractivity contribution in [1.82, 2.24) is 0 Å². The second-order valence-electron chi connectivity index (χ2n) is 5.53. The quantitative estimate of drug-likeness (QED) is 0.623. The van der Waals surface area contributed by atoms with Crippen LogP contribution in [0, 0.1) is 5.41 Å². The van der Waals surface area contributed by atoms with Crippen molar-refractivity contribution in [3.8, 4) is 0 Å². The lowest BCUT2D eigenvalue weighted by atomic mass is 9.87. The van der Waals surface area contributed by atoms with Crippen molar-refractivity contribution in [3.05, 3.63) is 12.2 Å². The number of ketones is 3. The van der Waals surface area contributed by atoms with Gasteiger partial charge in [0.2, 0.25) is 0 Å². The molecule has 0 aromatic rings. The number of allylic oxidation sites excluding steroid dienone is 2. The third-order valence-electron chi connectivity index (χ3n) is 2.70. The average molecular weight is 252 g/mol. The van der Waals surface area contributed by atoms with Gasteiger partial charge in [0.15, 0.2) is 5.78 Å². The van der Waals surface area contributed by atoms with Gasteiger partial charge in [0, 0.05) is 31.1 Å². The lowest BCUT2D eigenvalue weighted by Crippen LogP contribution is -2.20. The molecule has 3 nitrogen and oxygen atoms in total. The summed E-state index contributed by atoms with van der Waals surface area (Å²) in [4.78, 5) is 34.3. The van der Waals surface area contributed by atoms with Gasteiger partial charge in [-0.1, -0.05) is 26.8 Å². The van der Waals surface area contributed by atoms with Crippen LogP contribution < -0.4 is 0 Å². The Labute approximate surface area is 110 Å². The van der Waals surface area contributed by atoms with Crippen LogP contribution in [-0.2, 0) is 14.4 Å². The van der Waals surface area contributed by atoms with Crippen LogP contribution in [0.1, 0.15) is 59.8 Å². The van der Waals surface area contributed by atoms with Crippen molar-refractivity contribution in [1.29, 1.82) is 0 Å². The molecule has 0 aliphatic heterocycles. The number of carbonyl (C=O) groups is 3. The Morgan fingerprint density at radius 1 is 0.944 bits per heavy atom. The first kappa shape index (κ1) is 16.8. The molecule has 0 spiro atoms. The topological polar surface area (TPSA) is 51.2 Å². The van der Waals surface area contributed by atoms with Crippen LogP contribution in [0.3, 0.4) is 0 Å². The van der Waals surface area contributed by atoms with Crippen LogP contribution in [0.4, 0.5) is 0 Å². The van der Waals surface area contributed by atoms with E-state index >= 15 is 0 Å². The van der Waals surface area contributed by atoms with E-state index in [2.05, 4.69) is 0 Å². The predicted octanol–water partition coefficient (Wildman–Crippen LogP) is 3.27. The van der Waals surface area contributed by atoms with Gasteiger partial charge in [-0.2, -0.15) is 0 Å². The molecule has 0 unspecified atom stereocenters. The molecule has 0 aromatic heterocycles. The number of hydrogen-bond donors (Lipinski definition) is 0. The highest BCUT2D eigenvalue weighted by atomic mass is 16.1. The summed E-state index contributed by atoms with van der Waals surface area (Å²) < 4.78 is 0. The molecule has 0 aliphatic carbocycles. The molecule has 0 fully saturated rings. The summed E-state index contributed by atoms with van der Waals surface area (Å²) in [5, 5.41) is 0. The van der Waals surface area contributed by atoms with Crippen LogP contribution in [0.15, 0.2) is 12.2 Å². The van der Waals surface area contributed by atoms with E-state index in [0.29, 0.717) is 32.1 Å². The minimum atomic E-state index is -0.373. The first-order valence-electron chi connectivity index (χ1n) is 6.48. The molecular weight excluding hydrogens is 228 g/mol. The average Bonchev–Trinajstić information content (AvgIpc) is 2.24. The van der Waals surface area contributed by atoms with Crippen LogP contribution in [0.25, 0.3) is 0 Å². The first-order chi connectivity index (χ1) is 8.27. The molecule has 0 amide bonds. The van der Waals surface area contributed by atoms with Gasteiger partial charge in [-0.05, 0) is 19.4 Å². The fraction of sp³-hybridized carbons (Fsp3) is 0.667. The highest BCUT2D eigenvalue weighted by Crippen LogP contribution is 2.18. The molecule has 0 saturated carbocycles. The van der Waals surface area contributed by atoms with Gasteiger partial charge < -0.3 is 0 Å². The summed E-state index contributed by atoms with van der Waals surface area (Å²) in [5.74, 6) is 0.234. The maximum absolute atomic E-state index is 11.6. The zero-order valence-electron chi connectivity index (χ0n) is 11.9. The summed E-state index contributed by atoms with van der Waals surface area (Å²) >= 11 is 0. The minimum Gasteiger partial charge on any atom is -0.300 e. The van der Waals surface area contributed by atoms with Crippen molar-refractivity contribution in [2.24, 2.45) is 5.41 Å². The van der Waals surface area contributed by atoms with Gasteiger partial charge in [0.25, 0.3) is 0 Å². The van der Waals surface area contributed by atoms with Crippen LogP contribution in [0.5, 0.6) is 0 Å². The third kappa shape index (κ3) is 7.93. The predicted molar refractivity (Wildman–Crippen MR) is 72.4 cm³/mol. The molecule has 0 radical (unpaired) electrons. The van der Waals surface area contributed by atoms with Gasteiger partial charge in [0.05, 0.1) is 0 Å². The van der Waals surface area contributed by atoms with E-state index in [9.17, 15) is 14.4 Å². The van der Waals surface area contributed by atoms with Crippen molar-refractivity contribution >= 4 is 17.3 Å². The van der Waals surface area contributed by atoms with Gasteiger partial charge in [-0.15, -0.1) is 0 Å². The molecule has 0 saturated heterocycles. The molecule has 0 bridgehead atoms. The smallest absolute Gasteiger partial charge is 0.155 e. The van der Waals surface area contributed by atoms with E-state index in [1.54, 1.807) is 13.0 Å². The molecule has 18 heavy (non-hydrogen) atoms. The molecule has 0 N–H and O–H groups in total. The molecule has 102 valence electrons. The van der Waals surface area contributed by atoms with Gasteiger partial charge in [0.1, 0.15) is 11.6 Å². The lowest BCUT2D eigenvalue weighted by molar-refractivity contribution is -0.129. The second-order valence-corrected chi connectivity index (χ2v) is 5.53. The van der Waals surface area contributed by atoms with Gasteiger partial charge in [-0.25, -0.2) is 0 Å². The lowest BCUT2D eigenvalue weighted by Gasteiger charge is -2.15. The normalized spacial score (nSPS) is 11.8. The standard InChI is InChI=1S/C15H24O3/c1-5-7-12(16)8-6-9-13(17)10-11-14(18)15(2,3)4/h5,7H,6,8-11H2,1-4H3/b7-5+. The van der Waals surface area contributed by atoms with E-state index in [4.69, 9.17) is 0 Å². The van der Waals surface area contributed by atoms with Crippen molar-refractivity contribution in [2.75, 3.05) is 0 Å². The fourth-order valence-corrected chi connectivity index (χ4v) is 1.48. The Hall–Kier alpha value is -1.25. The van der Waals surface area contributed by atoms with Crippen molar-refractivity contribution in [2.45, 2.75) is 59.8 Å². The number of Topliss-reactive ketones (excluding diaryl/α,β-unsaturated/α-hetero) is 2. The maximum atomic E-state index is 11.6. The second kappa shape index (κ2) is 7.96. The fourth-order valence-electron chi connectivity index (χ4n) is 1.48. The minimum absolute atomic E-state index is 0.0519. The van der Waals surface area contributed by atoms with E-state index < -0.39 is 0 Å². The molecule has 0 rings (SSSR count). The summed E-state index contributed by atoms with van der Waals surface area (Å²) in [6, 6.07) is 0. The van der Waals surface area contributed by atoms with Crippen molar-refractivity contribution < 1.29 is 14.4 Å². The monoisotopic (exact) mass is 252 g/mol. The number of rotatable bonds is 8. The number of hydrogen-bond acceptors (Lipinski definition) is 3. The zero-order valence-corrected chi connectivity index (χ0v) is 11.9. The van der Waals surface area contributed by atoms with Crippen LogP contribution in [-0.4, -0.2) is 17.3 Å². The Kier molecular flexibility index (Phi) is 7.41. The molecule has 3 heteroatoms. The Balaban J connectivity index is 3.80. The highest BCUT2D eigenvalue weighted by molar-refractivity contribution is 5.90. The molecule has 0 aromatic carbocycles. The molecule has 0 atom stereocenters. The summed E-state index contributed by atoms with van der Waals surface area (Å²) in [7, 11) is 0.